The Morgan fingerprint density at radius 3 is 3.00 bits per heavy atom. The summed E-state index contributed by atoms with van der Waals surface area (Å²) in [5.41, 5.74) is 6.03. The summed E-state index contributed by atoms with van der Waals surface area (Å²) in [6, 6.07) is 5.85. The molecular weight excluding hydrogens is 418 g/mol. The van der Waals surface area contributed by atoms with Crippen LogP contribution in [0.25, 0.3) is 6.08 Å². The van der Waals surface area contributed by atoms with Crippen molar-refractivity contribution in [2.24, 2.45) is 5.92 Å². The van der Waals surface area contributed by atoms with E-state index in [9.17, 15) is 4.79 Å². The van der Waals surface area contributed by atoms with E-state index in [1.807, 2.05) is 6.07 Å². The van der Waals surface area contributed by atoms with Crippen LogP contribution in [0.15, 0.2) is 36.2 Å². The molecule has 3 heterocycles. The Hall–Kier alpha value is -3.62. The van der Waals surface area contributed by atoms with Gasteiger partial charge in [-0.25, -0.2) is 4.98 Å². The van der Waals surface area contributed by atoms with Crippen molar-refractivity contribution in [3.63, 3.8) is 0 Å². The molecule has 2 aliphatic carbocycles. The molecule has 5 rings (SSSR count). The number of amides is 1. The number of methoxy groups -OCH3 is 1. The molecule has 0 spiro atoms. The van der Waals surface area contributed by atoms with Gasteiger partial charge >= 0.3 is 0 Å². The zero-order valence-electron chi connectivity index (χ0n) is 18.7. The number of nitrogens with one attached hydrogen (secondary N) is 1. The molecule has 2 aliphatic rings. The minimum absolute atomic E-state index is 0.279. The van der Waals surface area contributed by atoms with Gasteiger partial charge in [0.05, 0.1) is 24.7 Å². The lowest BCUT2D eigenvalue weighted by atomic mass is 10.1. The van der Waals surface area contributed by atoms with Crippen LogP contribution in [0.3, 0.4) is 0 Å². The van der Waals surface area contributed by atoms with E-state index in [4.69, 9.17) is 4.74 Å². The molecule has 1 N–H and O–H groups in total. The Bertz CT molecular complexity index is 1180. The number of pyridine rings is 1. The van der Waals surface area contributed by atoms with Gasteiger partial charge in [-0.3, -0.25) is 9.48 Å². The zero-order valence-corrected chi connectivity index (χ0v) is 18.7. The van der Waals surface area contributed by atoms with Gasteiger partial charge in [0.25, 0.3) is 5.91 Å². The van der Waals surface area contributed by atoms with E-state index in [1.165, 1.54) is 24.0 Å². The molecule has 0 saturated heterocycles. The Morgan fingerprint density at radius 1 is 1.24 bits per heavy atom. The van der Waals surface area contributed by atoms with E-state index >= 15 is 0 Å². The van der Waals surface area contributed by atoms with E-state index in [1.54, 1.807) is 30.3 Å². The van der Waals surface area contributed by atoms with E-state index in [0.29, 0.717) is 24.7 Å². The summed E-state index contributed by atoms with van der Waals surface area (Å²) < 4.78 is 6.91. The zero-order chi connectivity index (χ0) is 22.6. The van der Waals surface area contributed by atoms with Crippen molar-refractivity contribution in [2.75, 3.05) is 7.11 Å². The van der Waals surface area contributed by atoms with Crippen LogP contribution in [0.1, 0.15) is 58.7 Å². The third-order valence-electron chi connectivity index (χ3n) is 6.09. The topological polar surface area (TPSA) is 108 Å². The third-order valence-corrected chi connectivity index (χ3v) is 6.09. The number of carbonyl (C=O) groups excluding carboxylic acids is 1. The molecule has 1 amide bonds. The molecule has 33 heavy (non-hydrogen) atoms. The number of nitrogens with zero attached hydrogens (tertiary/aromatic N) is 6. The number of allylic oxidation sites excluding steroid dienone is 1. The number of ether oxygens (including phenoxy) is 1. The highest BCUT2D eigenvalue weighted by atomic mass is 16.5. The number of unbranched alkanes of at least 4 members (excludes halogenated alkanes) is 1. The number of fused-ring (bicyclic) bond motifs is 1. The lowest BCUT2D eigenvalue weighted by Gasteiger charge is -2.07. The summed E-state index contributed by atoms with van der Waals surface area (Å²) in [5.74, 6) is 1.00. The normalized spacial score (nSPS) is 14.6. The standard InChI is InChI=1S/C24H27N7O2/c1-33-24-17(5-4-9-25-24)14-26-23(32)22-15-31(30-29-22)10-3-2-6-20-12-19-11-18(16-7-8-16)13-21(19)28-27-20/h4-5,9,11-12,15-16H,2-3,6-8,10,13-14H2,1H3,(H,26,32). The molecule has 0 aromatic carbocycles. The monoisotopic (exact) mass is 445 g/mol. The highest BCUT2D eigenvalue weighted by molar-refractivity contribution is 5.91. The van der Waals surface area contributed by atoms with Gasteiger partial charge in [0.15, 0.2) is 5.69 Å². The van der Waals surface area contributed by atoms with Crippen molar-refractivity contribution in [2.45, 2.75) is 51.6 Å². The van der Waals surface area contributed by atoms with Crippen LogP contribution in [0, 0.1) is 5.92 Å². The molecule has 0 bridgehead atoms. The maximum atomic E-state index is 12.4. The summed E-state index contributed by atoms with van der Waals surface area (Å²) in [6.07, 6.45) is 12.0. The first kappa shape index (κ1) is 21.2. The van der Waals surface area contributed by atoms with Crippen molar-refractivity contribution in [1.82, 2.24) is 35.5 Å². The molecule has 0 unspecified atom stereocenters. The quantitative estimate of drug-likeness (QED) is 0.478. The van der Waals surface area contributed by atoms with E-state index in [0.717, 1.165) is 48.6 Å². The van der Waals surface area contributed by atoms with Crippen molar-refractivity contribution < 1.29 is 9.53 Å². The molecule has 9 heteroatoms. The van der Waals surface area contributed by atoms with E-state index < -0.39 is 0 Å². The van der Waals surface area contributed by atoms with Gasteiger partial charge in [0.2, 0.25) is 5.88 Å². The fourth-order valence-electron chi connectivity index (χ4n) is 4.12. The maximum Gasteiger partial charge on any atom is 0.273 e. The lowest BCUT2D eigenvalue weighted by Crippen LogP contribution is -2.23. The van der Waals surface area contributed by atoms with Crippen molar-refractivity contribution in [1.29, 1.82) is 0 Å². The van der Waals surface area contributed by atoms with E-state index in [2.05, 4.69) is 43.0 Å². The molecule has 3 aromatic rings. The largest absolute Gasteiger partial charge is 0.481 e. The lowest BCUT2D eigenvalue weighted by molar-refractivity contribution is 0.0945. The van der Waals surface area contributed by atoms with Gasteiger partial charge in [-0.15, -0.1) is 5.10 Å². The molecule has 3 aromatic heterocycles. The van der Waals surface area contributed by atoms with Gasteiger partial charge in [-0.05, 0) is 55.7 Å². The van der Waals surface area contributed by atoms with Crippen molar-refractivity contribution in [3.05, 3.63) is 64.4 Å². The fourth-order valence-corrected chi connectivity index (χ4v) is 4.12. The smallest absolute Gasteiger partial charge is 0.273 e. The van der Waals surface area contributed by atoms with Crippen LogP contribution in [-0.2, 0) is 25.9 Å². The average molecular weight is 446 g/mol. The van der Waals surface area contributed by atoms with Gasteiger partial charge in [-0.2, -0.15) is 10.2 Å². The van der Waals surface area contributed by atoms with Crippen molar-refractivity contribution >= 4 is 12.0 Å². The highest BCUT2D eigenvalue weighted by Crippen LogP contribution is 2.41. The second kappa shape index (κ2) is 9.48. The summed E-state index contributed by atoms with van der Waals surface area (Å²) in [4.78, 5) is 16.5. The van der Waals surface area contributed by atoms with Crippen molar-refractivity contribution in [3.8, 4) is 5.88 Å². The van der Waals surface area contributed by atoms with Gasteiger partial charge in [0, 0.05) is 31.3 Å². The van der Waals surface area contributed by atoms with E-state index in [-0.39, 0.29) is 5.91 Å². The molecule has 0 radical (unpaired) electrons. The molecule has 1 saturated carbocycles. The Kier molecular flexibility index (Phi) is 6.10. The second-order valence-electron chi connectivity index (χ2n) is 8.59. The van der Waals surface area contributed by atoms with Gasteiger partial charge < -0.3 is 10.1 Å². The number of carbonyl (C=O) groups is 1. The minimum Gasteiger partial charge on any atom is -0.481 e. The summed E-state index contributed by atoms with van der Waals surface area (Å²) >= 11 is 0. The molecule has 170 valence electrons. The van der Waals surface area contributed by atoms with Crippen LogP contribution in [0.2, 0.25) is 0 Å². The maximum absolute atomic E-state index is 12.4. The Labute approximate surface area is 192 Å². The Balaban J connectivity index is 1.07. The van der Waals surface area contributed by atoms with Gasteiger partial charge in [0.1, 0.15) is 0 Å². The van der Waals surface area contributed by atoms with Crippen LogP contribution in [0.4, 0.5) is 0 Å². The average Bonchev–Trinajstić information content (AvgIpc) is 3.43. The number of rotatable bonds is 10. The predicted octanol–water partition coefficient (Wildman–Crippen LogP) is 2.77. The number of aryl methyl sites for hydroxylation is 2. The molecule has 9 nitrogen and oxygen atoms in total. The highest BCUT2D eigenvalue weighted by Gasteiger charge is 2.29. The van der Waals surface area contributed by atoms with Gasteiger partial charge in [-0.1, -0.05) is 22.9 Å². The number of aromatic nitrogens is 6. The summed E-state index contributed by atoms with van der Waals surface area (Å²) in [7, 11) is 1.55. The third kappa shape index (κ3) is 5.08. The first-order chi connectivity index (χ1) is 16.2. The summed E-state index contributed by atoms with van der Waals surface area (Å²) in [5, 5.41) is 19.8. The SMILES string of the molecule is COc1ncccc1CNC(=O)c1cn(CCCCc2cc3c(nn2)CC(C2CC2)=C3)nn1. The molecule has 0 atom stereocenters. The predicted molar refractivity (Wildman–Crippen MR) is 121 cm³/mol. The fraction of sp³-hybridized carbons (Fsp3) is 0.417. The first-order valence-corrected chi connectivity index (χ1v) is 11.4. The number of hydrogen-bond acceptors (Lipinski definition) is 7. The first-order valence-electron chi connectivity index (χ1n) is 11.4. The Morgan fingerprint density at radius 2 is 2.15 bits per heavy atom. The molecule has 1 fully saturated rings. The van der Waals surface area contributed by atoms with Crippen LogP contribution in [-0.4, -0.2) is 43.2 Å². The molecule has 0 aliphatic heterocycles. The molecular formula is C24H27N7O2. The second-order valence-corrected chi connectivity index (χ2v) is 8.59. The minimum atomic E-state index is -0.279. The summed E-state index contributed by atoms with van der Waals surface area (Å²) in [6.45, 7) is 1.00. The van der Waals surface area contributed by atoms with Crippen LogP contribution in [0.5, 0.6) is 5.88 Å². The van der Waals surface area contributed by atoms with Crippen LogP contribution >= 0.6 is 0 Å². The number of hydrogen-bond donors (Lipinski definition) is 1. The van der Waals surface area contributed by atoms with Crippen LogP contribution < -0.4 is 10.1 Å².